The van der Waals surface area contributed by atoms with Gasteiger partial charge in [-0.3, -0.25) is 4.79 Å². The molecular formula is C24H39ClO2. The van der Waals surface area contributed by atoms with Crippen molar-refractivity contribution < 1.29 is 9.90 Å². The summed E-state index contributed by atoms with van der Waals surface area (Å²) in [6.07, 6.45) is 14.8. The van der Waals surface area contributed by atoms with E-state index in [2.05, 4.69) is 20.8 Å². The summed E-state index contributed by atoms with van der Waals surface area (Å²) in [4.78, 5) is 12.6. The molecular weight excluding hydrogens is 356 g/mol. The molecule has 3 heteroatoms. The van der Waals surface area contributed by atoms with Gasteiger partial charge in [-0.1, -0.05) is 96.6 Å². The molecule has 154 valence electrons. The predicted molar refractivity (Wildman–Crippen MR) is 117 cm³/mol. The van der Waals surface area contributed by atoms with E-state index in [0.717, 1.165) is 24.8 Å². The van der Waals surface area contributed by atoms with E-state index in [-0.39, 0.29) is 11.5 Å². The molecule has 0 amide bonds. The molecule has 1 atom stereocenters. The van der Waals surface area contributed by atoms with Crippen LogP contribution in [0.5, 0.6) is 5.75 Å². The van der Waals surface area contributed by atoms with Crippen LogP contribution in [0, 0.1) is 0 Å². The Morgan fingerprint density at radius 1 is 0.926 bits per heavy atom. The minimum absolute atomic E-state index is 0.0167. The number of phenolic OH excluding ortho intramolecular Hbond substituents is 1. The predicted octanol–water partition coefficient (Wildman–Crippen LogP) is 8.44. The lowest BCUT2D eigenvalue weighted by Gasteiger charge is -2.15. The molecule has 0 spiro atoms. The molecule has 1 aromatic carbocycles. The molecule has 1 unspecified atom stereocenters. The van der Waals surface area contributed by atoms with Gasteiger partial charge < -0.3 is 5.11 Å². The van der Waals surface area contributed by atoms with E-state index in [9.17, 15) is 9.90 Å². The van der Waals surface area contributed by atoms with Gasteiger partial charge in [-0.25, -0.2) is 0 Å². The van der Waals surface area contributed by atoms with Crippen molar-refractivity contribution in [3.8, 4) is 5.75 Å². The number of ketones is 1. The molecule has 0 saturated heterocycles. The number of hydrogen-bond acceptors (Lipinski definition) is 2. The summed E-state index contributed by atoms with van der Waals surface area (Å²) in [5.41, 5.74) is 1.47. The topological polar surface area (TPSA) is 37.3 Å². The van der Waals surface area contributed by atoms with Crippen LogP contribution in [-0.4, -0.2) is 10.9 Å². The second-order valence-electron chi connectivity index (χ2n) is 7.94. The van der Waals surface area contributed by atoms with Crippen LogP contribution >= 0.6 is 11.6 Å². The first-order valence-corrected chi connectivity index (χ1v) is 11.4. The van der Waals surface area contributed by atoms with Crippen molar-refractivity contribution >= 4 is 17.4 Å². The zero-order chi connectivity index (χ0) is 20.1. The molecule has 27 heavy (non-hydrogen) atoms. The molecule has 0 heterocycles. The molecule has 1 aromatic rings. The summed E-state index contributed by atoms with van der Waals surface area (Å²) >= 11 is 6.22. The third kappa shape index (κ3) is 9.14. The van der Waals surface area contributed by atoms with E-state index in [1.165, 1.54) is 57.8 Å². The van der Waals surface area contributed by atoms with Crippen molar-refractivity contribution in [1.82, 2.24) is 0 Å². The molecule has 2 nitrogen and oxygen atoms in total. The Morgan fingerprint density at radius 3 is 2.11 bits per heavy atom. The van der Waals surface area contributed by atoms with Gasteiger partial charge >= 0.3 is 0 Å². The maximum absolute atomic E-state index is 12.6. The quantitative estimate of drug-likeness (QED) is 0.239. The number of halogens is 1. The summed E-state index contributed by atoms with van der Waals surface area (Å²) in [7, 11) is 0. The second kappa shape index (κ2) is 14.0. The SMILES string of the molecule is CCCCCCCCCC(=O)c1cc(C(C)CCCCCC)cc(Cl)c1O. The van der Waals surface area contributed by atoms with Crippen LogP contribution in [0.3, 0.4) is 0 Å². The normalized spacial score (nSPS) is 12.3. The summed E-state index contributed by atoms with van der Waals surface area (Å²) in [6.45, 7) is 6.61. The van der Waals surface area contributed by atoms with E-state index in [4.69, 9.17) is 11.6 Å². The highest BCUT2D eigenvalue weighted by molar-refractivity contribution is 6.32. The minimum Gasteiger partial charge on any atom is -0.506 e. The molecule has 0 aromatic heterocycles. The lowest BCUT2D eigenvalue weighted by molar-refractivity contribution is 0.0976. The molecule has 0 bridgehead atoms. The van der Waals surface area contributed by atoms with Crippen molar-refractivity contribution in [2.45, 2.75) is 110 Å². The van der Waals surface area contributed by atoms with Gasteiger partial charge in [0.05, 0.1) is 10.6 Å². The van der Waals surface area contributed by atoms with Crippen molar-refractivity contribution in [1.29, 1.82) is 0 Å². The number of carbonyl (C=O) groups excluding carboxylic acids is 1. The Bertz CT molecular complexity index is 554. The second-order valence-corrected chi connectivity index (χ2v) is 8.35. The molecule has 0 aliphatic rings. The van der Waals surface area contributed by atoms with Gasteiger partial charge in [-0.2, -0.15) is 0 Å². The zero-order valence-corrected chi connectivity index (χ0v) is 18.4. The van der Waals surface area contributed by atoms with Gasteiger partial charge in [0.25, 0.3) is 0 Å². The fraction of sp³-hybridized carbons (Fsp3) is 0.708. The van der Waals surface area contributed by atoms with Gasteiger partial charge in [0.2, 0.25) is 0 Å². The molecule has 1 rings (SSSR count). The summed E-state index contributed by atoms with van der Waals surface area (Å²) in [5.74, 6) is 0.319. The zero-order valence-electron chi connectivity index (χ0n) is 17.7. The standard InChI is InChI=1S/C24H39ClO2/c1-4-6-8-10-11-12-14-16-23(26)21-17-20(18-22(25)24(21)27)19(3)15-13-9-7-5-2/h17-19,27H,4-16H2,1-3H3. The van der Waals surface area contributed by atoms with E-state index < -0.39 is 0 Å². The van der Waals surface area contributed by atoms with Crippen molar-refractivity contribution in [3.63, 3.8) is 0 Å². The highest BCUT2D eigenvalue weighted by Crippen LogP contribution is 2.34. The highest BCUT2D eigenvalue weighted by atomic mass is 35.5. The van der Waals surface area contributed by atoms with Crippen LogP contribution in [0.2, 0.25) is 5.02 Å². The van der Waals surface area contributed by atoms with Crippen LogP contribution in [-0.2, 0) is 0 Å². The first kappa shape index (κ1) is 24.0. The number of Topliss-reactive ketones (excluding diaryl/α,β-unsaturated/α-hetero) is 1. The number of carbonyl (C=O) groups is 1. The number of rotatable bonds is 15. The molecule has 0 aliphatic carbocycles. The molecule has 0 aliphatic heterocycles. The Kier molecular flexibility index (Phi) is 12.5. The van der Waals surface area contributed by atoms with Gasteiger partial charge in [-0.05, 0) is 36.5 Å². The smallest absolute Gasteiger partial charge is 0.166 e. The van der Waals surface area contributed by atoms with E-state index >= 15 is 0 Å². The lowest BCUT2D eigenvalue weighted by Crippen LogP contribution is -2.03. The summed E-state index contributed by atoms with van der Waals surface area (Å²) in [5, 5.41) is 10.6. The number of benzene rings is 1. The average Bonchev–Trinajstić information content (AvgIpc) is 2.66. The Labute approximate surface area is 171 Å². The average molecular weight is 395 g/mol. The third-order valence-corrected chi connectivity index (χ3v) is 5.74. The largest absolute Gasteiger partial charge is 0.506 e. The fourth-order valence-electron chi connectivity index (χ4n) is 3.54. The van der Waals surface area contributed by atoms with Gasteiger partial charge in [0.15, 0.2) is 5.78 Å². The van der Waals surface area contributed by atoms with Gasteiger partial charge in [0, 0.05) is 6.42 Å². The molecule has 0 radical (unpaired) electrons. The maximum atomic E-state index is 12.6. The minimum atomic E-state index is -0.0495. The first-order chi connectivity index (χ1) is 13.0. The van der Waals surface area contributed by atoms with Gasteiger partial charge in [-0.15, -0.1) is 0 Å². The first-order valence-electron chi connectivity index (χ1n) is 11.1. The Balaban J connectivity index is 2.57. The van der Waals surface area contributed by atoms with E-state index in [0.29, 0.717) is 22.9 Å². The third-order valence-electron chi connectivity index (χ3n) is 5.45. The van der Waals surface area contributed by atoms with Crippen LogP contribution in [0.15, 0.2) is 12.1 Å². The summed E-state index contributed by atoms with van der Waals surface area (Å²) in [6, 6.07) is 3.70. The lowest BCUT2D eigenvalue weighted by atomic mass is 9.91. The van der Waals surface area contributed by atoms with E-state index in [1.54, 1.807) is 0 Å². The number of aromatic hydroxyl groups is 1. The van der Waals surface area contributed by atoms with Gasteiger partial charge in [0.1, 0.15) is 5.75 Å². The molecule has 0 saturated carbocycles. The fourth-order valence-corrected chi connectivity index (χ4v) is 3.77. The highest BCUT2D eigenvalue weighted by Gasteiger charge is 2.17. The van der Waals surface area contributed by atoms with E-state index in [1.807, 2.05) is 12.1 Å². The van der Waals surface area contributed by atoms with Crippen LogP contribution in [0.1, 0.15) is 126 Å². The van der Waals surface area contributed by atoms with Crippen molar-refractivity contribution in [2.75, 3.05) is 0 Å². The maximum Gasteiger partial charge on any atom is 0.166 e. The van der Waals surface area contributed by atoms with Crippen LogP contribution in [0.25, 0.3) is 0 Å². The molecule has 0 fully saturated rings. The molecule has 1 N–H and O–H groups in total. The monoisotopic (exact) mass is 394 g/mol. The van der Waals surface area contributed by atoms with Crippen LogP contribution < -0.4 is 0 Å². The number of phenols is 1. The number of hydrogen-bond donors (Lipinski definition) is 1. The van der Waals surface area contributed by atoms with Crippen molar-refractivity contribution in [3.05, 3.63) is 28.3 Å². The summed E-state index contributed by atoms with van der Waals surface area (Å²) < 4.78 is 0. The Morgan fingerprint density at radius 2 is 1.48 bits per heavy atom. The number of unbranched alkanes of at least 4 members (excludes halogenated alkanes) is 9. The Hall–Kier alpha value is -1.02. The van der Waals surface area contributed by atoms with Crippen LogP contribution in [0.4, 0.5) is 0 Å². The van der Waals surface area contributed by atoms with Crippen molar-refractivity contribution in [2.24, 2.45) is 0 Å².